The first kappa shape index (κ1) is 11.8. The van der Waals surface area contributed by atoms with Crippen molar-refractivity contribution in [2.75, 3.05) is 0 Å². The van der Waals surface area contributed by atoms with Gasteiger partial charge in [-0.3, -0.25) is 4.98 Å². The van der Waals surface area contributed by atoms with Crippen LogP contribution in [0.5, 0.6) is 0 Å². The Hall–Kier alpha value is -0.670. The summed E-state index contributed by atoms with van der Waals surface area (Å²) in [5, 5.41) is 0.540. The molecule has 4 heteroatoms. The topological polar surface area (TPSA) is 38.9 Å². The summed E-state index contributed by atoms with van der Waals surface area (Å²) in [6.07, 6.45) is 6.36. The van der Waals surface area contributed by atoms with E-state index >= 15 is 0 Å². The van der Waals surface area contributed by atoms with E-state index in [0.717, 1.165) is 18.4 Å². The molecule has 0 bridgehead atoms. The van der Waals surface area contributed by atoms with Crippen molar-refractivity contribution in [2.24, 2.45) is 5.73 Å². The van der Waals surface area contributed by atoms with Gasteiger partial charge in [-0.05, 0) is 37.3 Å². The monoisotopic (exact) mass is 242 g/mol. The third-order valence-corrected chi connectivity index (χ3v) is 3.53. The van der Waals surface area contributed by atoms with Crippen molar-refractivity contribution >= 4 is 11.6 Å². The van der Waals surface area contributed by atoms with Gasteiger partial charge in [-0.25, -0.2) is 4.39 Å². The summed E-state index contributed by atoms with van der Waals surface area (Å²) in [6.45, 7) is 0. The minimum atomic E-state index is -1.19. The van der Waals surface area contributed by atoms with Crippen LogP contribution in [-0.2, 0) is 6.42 Å². The highest BCUT2D eigenvalue weighted by Crippen LogP contribution is 2.35. The number of nitrogens with two attached hydrogens (primary N) is 1. The Morgan fingerprint density at radius 3 is 3.12 bits per heavy atom. The fraction of sp³-hybridized carbons (Fsp3) is 0.583. The first-order chi connectivity index (χ1) is 7.59. The lowest BCUT2D eigenvalue weighted by molar-refractivity contribution is 0.0965. The first-order valence-corrected chi connectivity index (χ1v) is 6.00. The molecule has 0 amide bonds. The van der Waals surface area contributed by atoms with E-state index in [1.165, 1.54) is 0 Å². The number of rotatable bonds is 2. The quantitative estimate of drug-likeness (QED) is 0.866. The number of hydrogen-bond acceptors (Lipinski definition) is 2. The van der Waals surface area contributed by atoms with E-state index in [2.05, 4.69) is 4.98 Å². The van der Waals surface area contributed by atoms with Gasteiger partial charge < -0.3 is 5.73 Å². The highest BCUT2D eigenvalue weighted by Gasteiger charge is 2.35. The summed E-state index contributed by atoms with van der Waals surface area (Å²) in [7, 11) is 0. The maximum atomic E-state index is 14.5. The van der Waals surface area contributed by atoms with Crippen LogP contribution in [0, 0.1) is 0 Å². The standard InChI is InChI=1S/C12H16ClFN2/c13-11-8-16-5-3-9(11)6-12(14)4-1-2-10(15)7-12/h3,5,8,10H,1-2,4,6-7,15H2. The Bertz CT molecular complexity index is 372. The minimum Gasteiger partial charge on any atom is -0.328 e. The Kier molecular flexibility index (Phi) is 3.45. The largest absolute Gasteiger partial charge is 0.328 e. The predicted octanol–water partition coefficient (Wildman–Crippen LogP) is 2.89. The molecule has 0 aromatic carbocycles. The van der Waals surface area contributed by atoms with Crippen molar-refractivity contribution in [1.29, 1.82) is 0 Å². The molecular weight excluding hydrogens is 227 g/mol. The molecule has 0 aliphatic heterocycles. The molecule has 2 N–H and O–H groups in total. The zero-order chi connectivity index (χ0) is 11.6. The fourth-order valence-corrected chi connectivity index (χ4v) is 2.59. The molecule has 2 rings (SSSR count). The van der Waals surface area contributed by atoms with Gasteiger partial charge in [-0.1, -0.05) is 11.6 Å². The summed E-state index contributed by atoms with van der Waals surface area (Å²) < 4.78 is 14.5. The van der Waals surface area contributed by atoms with Crippen molar-refractivity contribution in [3.8, 4) is 0 Å². The number of alkyl halides is 1. The van der Waals surface area contributed by atoms with Gasteiger partial charge in [-0.2, -0.15) is 0 Å². The molecule has 16 heavy (non-hydrogen) atoms. The van der Waals surface area contributed by atoms with E-state index < -0.39 is 5.67 Å². The average molecular weight is 243 g/mol. The highest BCUT2D eigenvalue weighted by molar-refractivity contribution is 6.31. The van der Waals surface area contributed by atoms with E-state index in [4.69, 9.17) is 17.3 Å². The van der Waals surface area contributed by atoms with E-state index in [1.54, 1.807) is 18.5 Å². The van der Waals surface area contributed by atoms with Crippen molar-refractivity contribution in [3.63, 3.8) is 0 Å². The molecule has 2 nitrogen and oxygen atoms in total. The van der Waals surface area contributed by atoms with E-state index in [1.807, 2.05) is 0 Å². The maximum Gasteiger partial charge on any atom is 0.116 e. The van der Waals surface area contributed by atoms with Gasteiger partial charge in [0.1, 0.15) is 5.67 Å². The SMILES string of the molecule is NC1CCCC(F)(Cc2ccncc2Cl)C1. The number of nitrogens with zero attached hydrogens (tertiary/aromatic N) is 1. The van der Waals surface area contributed by atoms with Gasteiger partial charge in [0, 0.05) is 24.9 Å². The zero-order valence-corrected chi connectivity index (χ0v) is 9.88. The Labute approximate surface area is 100 Å². The summed E-state index contributed by atoms with van der Waals surface area (Å²) >= 11 is 5.98. The van der Waals surface area contributed by atoms with Gasteiger partial charge >= 0.3 is 0 Å². The van der Waals surface area contributed by atoms with Gasteiger partial charge in [0.25, 0.3) is 0 Å². The molecule has 0 spiro atoms. The molecule has 1 heterocycles. The Morgan fingerprint density at radius 2 is 2.44 bits per heavy atom. The number of aromatic nitrogens is 1. The van der Waals surface area contributed by atoms with E-state index in [-0.39, 0.29) is 6.04 Å². The number of halogens is 2. The molecular formula is C12H16ClFN2. The van der Waals surface area contributed by atoms with Gasteiger partial charge in [-0.15, -0.1) is 0 Å². The summed E-state index contributed by atoms with van der Waals surface area (Å²) in [6, 6.07) is 1.77. The smallest absolute Gasteiger partial charge is 0.116 e. The first-order valence-electron chi connectivity index (χ1n) is 5.62. The second kappa shape index (κ2) is 4.68. The molecule has 2 atom stereocenters. The molecule has 1 aromatic heterocycles. The molecule has 1 fully saturated rings. The number of hydrogen-bond donors (Lipinski definition) is 1. The summed E-state index contributed by atoms with van der Waals surface area (Å²) in [5.74, 6) is 0. The van der Waals surface area contributed by atoms with Crippen LogP contribution < -0.4 is 5.73 Å². The molecule has 0 saturated heterocycles. The fourth-order valence-electron chi connectivity index (χ4n) is 2.40. The third-order valence-electron chi connectivity index (χ3n) is 3.19. The normalized spacial score (nSPS) is 30.3. The van der Waals surface area contributed by atoms with Crippen LogP contribution in [0.15, 0.2) is 18.5 Å². The maximum absolute atomic E-state index is 14.5. The van der Waals surface area contributed by atoms with Crippen LogP contribution in [0.3, 0.4) is 0 Å². The lowest BCUT2D eigenvalue weighted by Crippen LogP contribution is -2.39. The molecule has 88 valence electrons. The van der Waals surface area contributed by atoms with Crippen LogP contribution in [0.4, 0.5) is 4.39 Å². The van der Waals surface area contributed by atoms with Gasteiger partial charge in [0.05, 0.1) is 5.02 Å². The van der Waals surface area contributed by atoms with Crippen LogP contribution in [0.25, 0.3) is 0 Å². The highest BCUT2D eigenvalue weighted by atomic mass is 35.5. The summed E-state index contributed by atoms with van der Waals surface area (Å²) in [5.41, 5.74) is 5.45. The van der Waals surface area contributed by atoms with Gasteiger partial charge in [0.2, 0.25) is 0 Å². The van der Waals surface area contributed by atoms with Crippen molar-refractivity contribution in [2.45, 2.75) is 43.8 Å². The van der Waals surface area contributed by atoms with E-state index in [9.17, 15) is 4.39 Å². The van der Waals surface area contributed by atoms with Crippen LogP contribution in [0.2, 0.25) is 5.02 Å². The van der Waals surface area contributed by atoms with Gasteiger partial charge in [0.15, 0.2) is 0 Å². The zero-order valence-electron chi connectivity index (χ0n) is 9.13. The molecule has 0 radical (unpaired) electrons. The van der Waals surface area contributed by atoms with Crippen molar-refractivity contribution in [3.05, 3.63) is 29.0 Å². The average Bonchev–Trinajstić information content (AvgIpc) is 2.21. The van der Waals surface area contributed by atoms with E-state index in [0.29, 0.717) is 24.3 Å². The summed E-state index contributed by atoms with van der Waals surface area (Å²) in [4.78, 5) is 3.90. The third kappa shape index (κ3) is 2.71. The molecule has 1 aliphatic rings. The second-order valence-electron chi connectivity index (χ2n) is 4.65. The lowest BCUT2D eigenvalue weighted by atomic mass is 9.80. The number of pyridine rings is 1. The van der Waals surface area contributed by atoms with Crippen LogP contribution >= 0.6 is 11.6 Å². The van der Waals surface area contributed by atoms with Crippen molar-refractivity contribution in [1.82, 2.24) is 4.98 Å². The Morgan fingerprint density at radius 1 is 1.62 bits per heavy atom. The van der Waals surface area contributed by atoms with Crippen molar-refractivity contribution < 1.29 is 4.39 Å². The van der Waals surface area contributed by atoms with Crippen LogP contribution in [0.1, 0.15) is 31.2 Å². The van der Waals surface area contributed by atoms with Crippen LogP contribution in [-0.4, -0.2) is 16.7 Å². The molecule has 1 aromatic rings. The second-order valence-corrected chi connectivity index (χ2v) is 5.06. The predicted molar refractivity (Wildman–Crippen MR) is 63.2 cm³/mol. The molecule has 1 saturated carbocycles. The Balaban J connectivity index is 2.11. The molecule has 2 unspecified atom stereocenters. The lowest BCUT2D eigenvalue weighted by Gasteiger charge is -2.33. The molecule has 1 aliphatic carbocycles. The minimum absolute atomic E-state index is 0.0145.